The molecule has 2 amide bonds. The Labute approximate surface area is 231 Å². The lowest BCUT2D eigenvalue weighted by molar-refractivity contribution is -0.139. The van der Waals surface area contributed by atoms with Gasteiger partial charge in [-0.3, -0.25) is 9.59 Å². The highest BCUT2D eigenvalue weighted by Crippen LogP contribution is 2.60. The highest BCUT2D eigenvalue weighted by molar-refractivity contribution is 6.08. The van der Waals surface area contributed by atoms with Crippen LogP contribution < -0.4 is 0 Å². The molecule has 0 N–H and O–H groups in total. The lowest BCUT2D eigenvalue weighted by Gasteiger charge is -2.45. The number of imide groups is 1. The smallest absolute Gasteiger partial charge is 0.337 e. The maximum Gasteiger partial charge on any atom is 0.337 e. The number of hydrazone groups is 1. The molecule has 1 aliphatic heterocycles. The molecule has 3 aliphatic carbocycles. The fourth-order valence-electron chi connectivity index (χ4n) is 7.10. The van der Waals surface area contributed by atoms with Crippen molar-refractivity contribution in [2.24, 2.45) is 16.9 Å². The minimum atomic E-state index is -0.465. The predicted octanol–water partition coefficient (Wildman–Crippen LogP) is 5.11. The van der Waals surface area contributed by atoms with Crippen molar-refractivity contribution in [2.45, 2.75) is 25.7 Å². The summed E-state index contributed by atoms with van der Waals surface area (Å²) < 4.78 is 6.88. The van der Waals surface area contributed by atoms with Gasteiger partial charge in [-0.1, -0.05) is 54.6 Å². The van der Waals surface area contributed by atoms with Crippen molar-refractivity contribution in [1.82, 2.24) is 9.58 Å². The van der Waals surface area contributed by atoms with Crippen molar-refractivity contribution in [1.29, 1.82) is 0 Å². The van der Waals surface area contributed by atoms with Crippen LogP contribution in [0.1, 0.15) is 61.4 Å². The number of benzene rings is 3. The van der Waals surface area contributed by atoms with Crippen molar-refractivity contribution in [3.8, 4) is 5.69 Å². The van der Waals surface area contributed by atoms with Crippen LogP contribution in [0.25, 0.3) is 5.69 Å². The van der Waals surface area contributed by atoms with Gasteiger partial charge in [0, 0.05) is 34.5 Å². The summed E-state index contributed by atoms with van der Waals surface area (Å²) in [5, 5.41) is 5.59. The van der Waals surface area contributed by atoms with Gasteiger partial charge in [0.1, 0.15) is 0 Å². The third-order valence-electron chi connectivity index (χ3n) is 8.73. The number of methoxy groups -OCH3 is 1. The molecule has 1 saturated heterocycles. The molecule has 1 aromatic heterocycles. The molecule has 2 heterocycles. The van der Waals surface area contributed by atoms with Crippen LogP contribution in [0.5, 0.6) is 0 Å². The second kappa shape index (κ2) is 8.88. The summed E-state index contributed by atoms with van der Waals surface area (Å²) >= 11 is 0. The first kappa shape index (κ1) is 24.3. The first-order valence-electron chi connectivity index (χ1n) is 13.4. The first-order chi connectivity index (χ1) is 19.4. The van der Waals surface area contributed by atoms with Gasteiger partial charge in [-0.25, -0.2) is 4.79 Å². The van der Waals surface area contributed by atoms with Crippen LogP contribution in [0.15, 0.2) is 84.0 Å². The van der Waals surface area contributed by atoms with Gasteiger partial charge >= 0.3 is 5.97 Å². The molecule has 4 aromatic rings. The molecule has 0 spiro atoms. The van der Waals surface area contributed by atoms with E-state index in [1.807, 2.05) is 60.9 Å². The molecule has 40 heavy (non-hydrogen) atoms. The molecule has 0 saturated carbocycles. The zero-order valence-corrected chi connectivity index (χ0v) is 22.4. The average Bonchev–Trinajstić information content (AvgIpc) is 3.41. The standard InChI is InChI=1S/C33H27N3O4/c1-18-15-21(19(2)35(18)22-10-8-9-20(16-22)33(39)40-3)17-34-36-31(37)29-27-23-11-4-5-12-24(23)28(30(29)32(36)38)26-14-7-6-13-25(26)27/h4-17,27-30H,1-3H3/b34-17-/t27?,28?,29-,30-/m1/s1. The number of hydrogen-bond acceptors (Lipinski definition) is 5. The Morgan fingerprint density at radius 2 is 1.35 bits per heavy atom. The Morgan fingerprint density at radius 1 is 0.800 bits per heavy atom. The van der Waals surface area contributed by atoms with E-state index in [2.05, 4.69) is 29.4 Å². The highest BCUT2D eigenvalue weighted by Gasteiger charge is 2.61. The Morgan fingerprint density at radius 3 is 1.88 bits per heavy atom. The van der Waals surface area contributed by atoms with E-state index >= 15 is 0 Å². The Balaban J connectivity index is 1.24. The maximum absolute atomic E-state index is 13.8. The normalized spacial score (nSPS) is 22.4. The van der Waals surface area contributed by atoms with E-state index in [0.717, 1.165) is 49.9 Å². The number of nitrogens with zero attached hydrogens (tertiary/aromatic N) is 3. The summed E-state index contributed by atoms with van der Waals surface area (Å²) in [7, 11) is 1.36. The molecule has 2 atom stereocenters. The van der Waals surface area contributed by atoms with E-state index in [0.29, 0.717) is 5.56 Å². The second-order valence-electron chi connectivity index (χ2n) is 10.7. The van der Waals surface area contributed by atoms with E-state index < -0.39 is 17.8 Å². The van der Waals surface area contributed by atoms with E-state index in [1.165, 1.54) is 7.11 Å². The van der Waals surface area contributed by atoms with E-state index in [9.17, 15) is 14.4 Å². The van der Waals surface area contributed by atoms with E-state index in [4.69, 9.17) is 4.74 Å². The zero-order valence-electron chi connectivity index (χ0n) is 22.4. The number of amides is 2. The lowest BCUT2D eigenvalue weighted by atomic mass is 9.55. The number of carbonyl (C=O) groups excluding carboxylic acids is 3. The molecule has 2 bridgehead atoms. The topological polar surface area (TPSA) is 81.0 Å². The average molecular weight is 530 g/mol. The number of rotatable bonds is 4. The van der Waals surface area contributed by atoms with Crippen LogP contribution in [0.3, 0.4) is 0 Å². The molecule has 7 heteroatoms. The number of esters is 1. The summed E-state index contributed by atoms with van der Waals surface area (Å²) in [6.45, 7) is 3.90. The maximum atomic E-state index is 13.8. The van der Waals surface area contributed by atoms with Crippen LogP contribution >= 0.6 is 0 Å². The molecule has 3 aromatic carbocycles. The summed E-state index contributed by atoms with van der Waals surface area (Å²) in [6, 6.07) is 25.5. The summed E-state index contributed by atoms with van der Waals surface area (Å²) in [5.41, 5.74) is 8.39. The SMILES string of the molecule is COC(=O)c1cccc(-n2c(C)cc(/C=N\N3C(=O)[C@@H]4C5c6ccccc6C(c6ccccc65)[C@H]4C3=O)c2C)c1. The van der Waals surface area contributed by atoms with Gasteiger partial charge in [0.15, 0.2) is 0 Å². The van der Waals surface area contributed by atoms with Crippen LogP contribution in [0.4, 0.5) is 0 Å². The minimum Gasteiger partial charge on any atom is -0.465 e. The number of carbonyl (C=O) groups is 3. The van der Waals surface area contributed by atoms with Gasteiger partial charge < -0.3 is 9.30 Å². The fraction of sp³-hybridized carbons (Fsp3) is 0.212. The highest BCUT2D eigenvalue weighted by atomic mass is 16.5. The number of aromatic nitrogens is 1. The summed E-state index contributed by atoms with van der Waals surface area (Å²) in [5.74, 6) is -2.15. The molecule has 4 aliphatic rings. The number of aryl methyl sites for hydroxylation is 1. The quantitative estimate of drug-likeness (QED) is 0.209. The van der Waals surface area contributed by atoms with E-state index in [-0.39, 0.29) is 23.7 Å². The molecule has 1 fully saturated rings. The Kier molecular flexibility index (Phi) is 5.39. The molecule has 8 rings (SSSR count). The fourth-order valence-corrected chi connectivity index (χ4v) is 7.10. The molecular formula is C33H27N3O4. The van der Waals surface area contributed by atoms with Gasteiger partial charge in [-0.2, -0.15) is 10.1 Å². The summed E-state index contributed by atoms with van der Waals surface area (Å²) in [6.07, 6.45) is 1.60. The molecule has 0 radical (unpaired) electrons. The van der Waals surface area contributed by atoms with Crippen LogP contribution in [-0.4, -0.2) is 40.7 Å². The van der Waals surface area contributed by atoms with E-state index in [1.54, 1.807) is 18.3 Å². The molecule has 7 nitrogen and oxygen atoms in total. The van der Waals surface area contributed by atoms with Crippen LogP contribution in [-0.2, 0) is 14.3 Å². The largest absolute Gasteiger partial charge is 0.465 e. The lowest BCUT2D eigenvalue weighted by Crippen LogP contribution is -2.41. The third-order valence-corrected chi connectivity index (χ3v) is 8.73. The molecular weight excluding hydrogens is 502 g/mol. The summed E-state index contributed by atoms with van der Waals surface area (Å²) in [4.78, 5) is 39.7. The van der Waals surface area contributed by atoms with Crippen LogP contribution in [0.2, 0.25) is 0 Å². The second-order valence-corrected chi connectivity index (χ2v) is 10.7. The van der Waals surface area contributed by atoms with Gasteiger partial charge in [-0.05, 0) is 60.4 Å². The first-order valence-corrected chi connectivity index (χ1v) is 13.4. The van der Waals surface area contributed by atoms with Gasteiger partial charge in [-0.15, -0.1) is 0 Å². The van der Waals surface area contributed by atoms with Crippen LogP contribution in [0, 0.1) is 25.7 Å². The van der Waals surface area contributed by atoms with Crippen molar-refractivity contribution in [3.05, 3.63) is 124 Å². The third kappa shape index (κ3) is 3.30. The number of hydrogen-bond donors (Lipinski definition) is 0. The van der Waals surface area contributed by atoms with Crippen molar-refractivity contribution >= 4 is 24.0 Å². The zero-order chi connectivity index (χ0) is 27.7. The Hall–Kier alpha value is -4.78. The molecule has 0 unspecified atom stereocenters. The monoisotopic (exact) mass is 529 g/mol. The van der Waals surface area contributed by atoms with Gasteiger partial charge in [0.2, 0.25) is 0 Å². The van der Waals surface area contributed by atoms with Gasteiger partial charge in [0.25, 0.3) is 11.8 Å². The minimum absolute atomic E-state index is 0.161. The molecule has 198 valence electrons. The van der Waals surface area contributed by atoms with Gasteiger partial charge in [0.05, 0.1) is 30.7 Å². The number of ether oxygens (including phenoxy) is 1. The van der Waals surface area contributed by atoms with Crippen molar-refractivity contribution in [2.75, 3.05) is 7.11 Å². The van der Waals surface area contributed by atoms with Crippen molar-refractivity contribution in [3.63, 3.8) is 0 Å². The van der Waals surface area contributed by atoms with Crippen molar-refractivity contribution < 1.29 is 19.1 Å². The predicted molar refractivity (Wildman–Crippen MR) is 150 cm³/mol. The Bertz CT molecular complexity index is 1650.